The van der Waals surface area contributed by atoms with E-state index in [0.717, 1.165) is 12.1 Å². The minimum absolute atomic E-state index is 0.769. The molecule has 2 aliphatic rings. The Hall–Kier alpha value is -0.0800. The molecule has 0 atom stereocenters. The number of likely N-dealkylation sites (tertiary alicyclic amines) is 2. The molecule has 130 valence electrons. The van der Waals surface area contributed by atoms with Gasteiger partial charge in [-0.25, -0.2) is 0 Å². The first-order chi connectivity index (χ1) is 10.1. The summed E-state index contributed by atoms with van der Waals surface area (Å²) in [7, 11) is 0. The molecule has 0 aromatic rings. The van der Waals surface area contributed by atoms with E-state index in [4.69, 9.17) is 0 Å². The maximum atomic E-state index is 2.56. The van der Waals surface area contributed by atoms with E-state index in [1.807, 2.05) is 27.7 Å². The van der Waals surface area contributed by atoms with Crippen LogP contribution in [0.25, 0.3) is 0 Å². The summed E-state index contributed by atoms with van der Waals surface area (Å²) in [5.41, 5.74) is 0. The highest BCUT2D eigenvalue weighted by Gasteiger charge is 2.13. The molecule has 2 rings (SSSR count). The number of piperidine rings is 1. The average Bonchev–Trinajstić information content (AvgIpc) is 3.07. The molecule has 0 amide bonds. The molecule has 0 aliphatic carbocycles. The van der Waals surface area contributed by atoms with Crippen LogP contribution in [-0.2, 0) is 0 Å². The molecule has 2 heterocycles. The Balaban J connectivity index is 0. The lowest BCUT2D eigenvalue weighted by atomic mass is 10.1. The second-order valence-electron chi connectivity index (χ2n) is 6.03. The second-order valence-corrected chi connectivity index (χ2v) is 6.03. The van der Waals surface area contributed by atoms with Crippen LogP contribution in [0, 0.1) is 0 Å². The molecular formula is C19H44N2. The van der Waals surface area contributed by atoms with Crippen LogP contribution in [0.1, 0.15) is 87.5 Å². The van der Waals surface area contributed by atoms with Crippen LogP contribution in [0.3, 0.4) is 0 Å². The van der Waals surface area contributed by atoms with E-state index in [-0.39, 0.29) is 0 Å². The Morgan fingerprint density at radius 3 is 0.905 bits per heavy atom. The van der Waals surface area contributed by atoms with Crippen molar-refractivity contribution in [3.8, 4) is 0 Å². The average molecular weight is 301 g/mol. The van der Waals surface area contributed by atoms with E-state index < -0.39 is 0 Å². The van der Waals surface area contributed by atoms with Crippen molar-refractivity contribution in [2.24, 2.45) is 0 Å². The molecule has 0 aromatic carbocycles. The quantitative estimate of drug-likeness (QED) is 0.671. The van der Waals surface area contributed by atoms with Gasteiger partial charge in [0.2, 0.25) is 0 Å². The first-order valence-electron chi connectivity index (χ1n) is 9.59. The molecule has 0 spiro atoms. The SMILES string of the molecule is CC.CC.CC(C)N1CCCC1.CC(C)N1CCCCC1. The number of hydrogen-bond donors (Lipinski definition) is 0. The van der Waals surface area contributed by atoms with Gasteiger partial charge >= 0.3 is 0 Å². The molecule has 0 bridgehead atoms. The Labute approximate surface area is 136 Å². The lowest BCUT2D eigenvalue weighted by Gasteiger charge is -2.29. The van der Waals surface area contributed by atoms with Gasteiger partial charge in [0.15, 0.2) is 0 Å². The van der Waals surface area contributed by atoms with Gasteiger partial charge in [-0.1, -0.05) is 34.1 Å². The fourth-order valence-electron chi connectivity index (χ4n) is 2.69. The summed E-state index contributed by atoms with van der Waals surface area (Å²) in [6.45, 7) is 22.4. The molecule has 2 aliphatic heterocycles. The maximum absolute atomic E-state index is 2.56. The van der Waals surface area contributed by atoms with Gasteiger partial charge in [0.25, 0.3) is 0 Å². The van der Waals surface area contributed by atoms with Crippen LogP contribution >= 0.6 is 0 Å². The minimum atomic E-state index is 0.769. The van der Waals surface area contributed by atoms with Gasteiger partial charge in [-0.15, -0.1) is 0 Å². The van der Waals surface area contributed by atoms with E-state index in [0.29, 0.717) is 0 Å². The predicted molar refractivity (Wildman–Crippen MR) is 99.2 cm³/mol. The first kappa shape index (κ1) is 23.2. The topological polar surface area (TPSA) is 6.48 Å². The molecule has 21 heavy (non-hydrogen) atoms. The molecule has 2 saturated heterocycles. The van der Waals surface area contributed by atoms with Gasteiger partial charge in [0.05, 0.1) is 0 Å². The third-order valence-electron chi connectivity index (χ3n) is 3.99. The molecule has 2 heteroatoms. The zero-order valence-electron chi connectivity index (χ0n) is 16.4. The number of rotatable bonds is 2. The van der Waals surface area contributed by atoms with Gasteiger partial charge in [-0.05, 0) is 79.6 Å². The lowest BCUT2D eigenvalue weighted by Crippen LogP contribution is -2.35. The van der Waals surface area contributed by atoms with Gasteiger partial charge in [-0.2, -0.15) is 0 Å². The highest BCUT2D eigenvalue weighted by Crippen LogP contribution is 2.11. The summed E-state index contributed by atoms with van der Waals surface area (Å²) in [6, 6.07) is 1.54. The minimum Gasteiger partial charge on any atom is -0.301 e. The maximum Gasteiger partial charge on any atom is 0.00385 e. The molecule has 0 saturated carbocycles. The van der Waals surface area contributed by atoms with Crippen LogP contribution in [0.5, 0.6) is 0 Å². The monoisotopic (exact) mass is 300 g/mol. The van der Waals surface area contributed by atoms with E-state index >= 15 is 0 Å². The summed E-state index contributed by atoms with van der Waals surface area (Å²) >= 11 is 0. The number of hydrogen-bond acceptors (Lipinski definition) is 2. The normalized spacial score (nSPS) is 19.1. The van der Waals surface area contributed by atoms with Crippen molar-refractivity contribution in [2.45, 2.75) is 99.6 Å². The number of nitrogens with zero attached hydrogens (tertiary/aromatic N) is 2. The smallest absolute Gasteiger partial charge is 0.00385 e. The van der Waals surface area contributed by atoms with Gasteiger partial charge < -0.3 is 9.80 Å². The highest BCUT2D eigenvalue weighted by molar-refractivity contribution is 4.69. The zero-order chi connectivity index (χ0) is 16.7. The lowest BCUT2D eigenvalue weighted by molar-refractivity contribution is 0.185. The molecule has 2 fully saturated rings. The summed E-state index contributed by atoms with van der Waals surface area (Å²) in [5.74, 6) is 0. The first-order valence-corrected chi connectivity index (χ1v) is 9.59. The molecule has 0 aromatic heterocycles. The standard InChI is InChI=1S/C8H17N.C7H15N.2C2H6/c1-8(2)9-6-4-3-5-7-9;1-7(2)8-5-3-4-6-8;2*1-2/h8H,3-7H2,1-2H3;7H,3-6H2,1-2H3;2*1-2H3. The van der Waals surface area contributed by atoms with Crippen molar-refractivity contribution < 1.29 is 0 Å². The van der Waals surface area contributed by atoms with Crippen molar-refractivity contribution in [1.29, 1.82) is 0 Å². The van der Waals surface area contributed by atoms with Crippen LogP contribution in [-0.4, -0.2) is 48.1 Å². The summed E-state index contributed by atoms with van der Waals surface area (Å²) in [5, 5.41) is 0. The van der Waals surface area contributed by atoms with Gasteiger partial charge in [0.1, 0.15) is 0 Å². The molecule has 0 radical (unpaired) electrons. The Morgan fingerprint density at radius 1 is 0.476 bits per heavy atom. The fourth-order valence-corrected chi connectivity index (χ4v) is 2.69. The van der Waals surface area contributed by atoms with Crippen molar-refractivity contribution in [3.63, 3.8) is 0 Å². The Morgan fingerprint density at radius 2 is 0.714 bits per heavy atom. The van der Waals surface area contributed by atoms with Crippen LogP contribution in [0.4, 0.5) is 0 Å². The Bertz CT molecular complexity index is 178. The van der Waals surface area contributed by atoms with Crippen molar-refractivity contribution in [1.82, 2.24) is 9.80 Å². The van der Waals surface area contributed by atoms with E-state index in [1.54, 1.807) is 0 Å². The van der Waals surface area contributed by atoms with Crippen molar-refractivity contribution in [2.75, 3.05) is 26.2 Å². The highest BCUT2D eigenvalue weighted by atomic mass is 15.2. The molecule has 0 N–H and O–H groups in total. The zero-order valence-corrected chi connectivity index (χ0v) is 16.4. The molecular weight excluding hydrogens is 256 g/mol. The summed E-state index contributed by atoms with van der Waals surface area (Å²) in [6.07, 6.45) is 7.11. The van der Waals surface area contributed by atoms with Crippen LogP contribution < -0.4 is 0 Å². The second kappa shape index (κ2) is 16.3. The third-order valence-corrected chi connectivity index (χ3v) is 3.99. The largest absolute Gasteiger partial charge is 0.301 e. The van der Waals surface area contributed by atoms with Gasteiger partial charge in [-0.3, -0.25) is 0 Å². The van der Waals surface area contributed by atoms with Gasteiger partial charge in [0, 0.05) is 12.1 Å². The van der Waals surface area contributed by atoms with E-state index in [1.165, 1.54) is 58.3 Å². The summed E-state index contributed by atoms with van der Waals surface area (Å²) < 4.78 is 0. The predicted octanol–water partition coefficient (Wildman–Crippen LogP) is 5.42. The van der Waals surface area contributed by atoms with Crippen molar-refractivity contribution in [3.05, 3.63) is 0 Å². The summed E-state index contributed by atoms with van der Waals surface area (Å²) in [4.78, 5) is 5.09. The van der Waals surface area contributed by atoms with Crippen LogP contribution in [0.2, 0.25) is 0 Å². The van der Waals surface area contributed by atoms with E-state index in [9.17, 15) is 0 Å². The fraction of sp³-hybridized carbons (Fsp3) is 1.00. The van der Waals surface area contributed by atoms with Crippen molar-refractivity contribution >= 4 is 0 Å². The van der Waals surface area contributed by atoms with E-state index in [2.05, 4.69) is 37.5 Å². The third kappa shape index (κ3) is 12.2. The molecule has 2 nitrogen and oxygen atoms in total. The van der Waals surface area contributed by atoms with Crippen LogP contribution in [0.15, 0.2) is 0 Å². The molecule has 0 unspecified atom stereocenters. The Kier molecular flexibility index (Phi) is 18.0.